The van der Waals surface area contributed by atoms with Crippen LogP contribution in [0.15, 0.2) is 30.9 Å². The molecule has 1 aromatic rings. The number of nitrogens with one attached hydrogen (secondary N) is 2. The van der Waals surface area contributed by atoms with Gasteiger partial charge in [-0.3, -0.25) is 4.79 Å². The summed E-state index contributed by atoms with van der Waals surface area (Å²) < 4.78 is 0. The SMILES string of the molecule is C=CCC(C)C(C)Nc1cccc(C(=O)NCCO)c1C. The van der Waals surface area contributed by atoms with Crippen molar-refractivity contribution in [3.8, 4) is 0 Å². The van der Waals surface area contributed by atoms with Gasteiger partial charge in [-0.1, -0.05) is 19.1 Å². The lowest BCUT2D eigenvalue weighted by atomic mass is 9.98. The Bertz CT molecular complexity index is 486. The summed E-state index contributed by atoms with van der Waals surface area (Å²) in [5.41, 5.74) is 2.53. The van der Waals surface area contributed by atoms with Crippen molar-refractivity contribution in [3.63, 3.8) is 0 Å². The summed E-state index contributed by atoms with van der Waals surface area (Å²) in [6, 6.07) is 5.94. The molecule has 1 amide bonds. The number of rotatable bonds is 8. The minimum atomic E-state index is -0.156. The van der Waals surface area contributed by atoms with Gasteiger partial charge in [0.2, 0.25) is 0 Å². The van der Waals surface area contributed by atoms with Crippen molar-refractivity contribution in [1.82, 2.24) is 5.32 Å². The molecule has 1 rings (SSSR count). The van der Waals surface area contributed by atoms with Gasteiger partial charge in [0.05, 0.1) is 6.61 Å². The Morgan fingerprint density at radius 3 is 2.76 bits per heavy atom. The molecule has 1 aromatic carbocycles. The van der Waals surface area contributed by atoms with Crippen molar-refractivity contribution in [2.45, 2.75) is 33.2 Å². The number of carbonyl (C=O) groups excluding carboxylic acids is 1. The number of hydrogen-bond acceptors (Lipinski definition) is 3. The van der Waals surface area contributed by atoms with E-state index in [-0.39, 0.29) is 25.1 Å². The first-order chi connectivity index (χ1) is 10.0. The minimum absolute atomic E-state index is 0.0567. The fraction of sp³-hybridized carbons (Fsp3) is 0.471. The summed E-state index contributed by atoms with van der Waals surface area (Å²) in [6.07, 6.45) is 2.87. The van der Waals surface area contributed by atoms with E-state index in [0.29, 0.717) is 11.5 Å². The van der Waals surface area contributed by atoms with Crippen LogP contribution in [0.4, 0.5) is 5.69 Å². The van der Waals surface area contributed by atoms with Gasteiger partial charge in [-0.2, -0.15) is 0 Å². The van der Waals surface area contributed by atoms with E-state index in [1.165, 1.54) is 0 Å². The number of anilines is 1. The molecule has 0 bridgehead atoms. The topological polar surface area (TPSA) is 61.4 Å². The molecular formula is C17H26N2O2. The van der Waals surface area contributed by atoms with Gasteiger partial charge < -0.3 is 15.7 Å². The molecule has 0 radical (unpaired) electrons. The highest BCUT2D eigenvalue weighted by Crippen LogP contribution is 2.22. The number of hydrogen-bond donors (Lipinski definition) is 3. The van der Waals surface area contributed by atoms with Crippen molar-refractivity contribution >= 4 is 11.6 Å². The highest BCUT2D eigenvalue weighted by Gasteiger charge is 2.15. The fourth-order valence-corrected chi connectivity index (χ4v) is 2.16. The molecule has 3 N–H and O–H groups in total. The summed E-state index contributed by atoms with van der Waals surface area (Å²) in [6.45, 7) is 10.2. The third-order valence-corrected chi connectivity index (χ3v) is 3.75. The first kappa shape index (κ1) is 17.2. The van der Waals surface area contributed by atoms with Crippen LogP contribution in [0.2, 0.25) is 0 Å². The summed E-state index contributed by atoms with van der Waals surface area (Å²) >= 11 is 0. The third-order valence-electron chi connectivity index (χ3n) is 3.75. The van der Waals surface area contributed by atoms with E-state index < -0.39 is 0 Å². The van der Waals surface area contributed by atoms with Crippen LogP contribution in [0.5, 0.6) is 0 Å². The number of allylic oxidation sites excluding steroid dienone is 1. The van der Waals surface area contributed by atoms with E-state index >= 15 is 0 Å². The van der Waals surface area contributed by atoms with E-state index in [2.05, 4.69) is 31.1 Å². The zero-order chi connectivity index (χ0) is 15.8. The van der Waals surface area contributed by atoms with Gasteiger partial charge in [0, 0.05) is 23.8 Å². The molecule has 116 valence electrons. The van der Waals surface area contributed by atoms with Crippen molar-refractivity contribution < 1.29 is 9.90 Å². The number of benzene rings is 1. The molecule has 2 unspecified atom stereocenters. The smallest absolute Gasteiger partial charge is 0.251 e. The number of aliphatic hydroxyl groups excluding tert-OH is 1. The summed E-state index contributed by atoms with van der Waals surface area (Å²) in [5, 5.41) is 14.9. The van der Waals surface area contributed by atoms with Gasteiger partial charge >= 0.3 is 0 Å². The van der Waals surface area contributed by atoms with Crippen LogP contribution in [-0.2, 0) is 0 Å². The van der Waals surface area contributed by atoms with E-state index in [1.54, 1.807) is 6.07 Å². The Morgan fingerprint density at radius 2 is 2.14 bits per heavy atom. The molecule has 0 aliphatic rings. The van der Waals surface area contributed by atoms with E-state index in [9.17, 15) is 4.79 Å². The average Bonchev–Trinajstić information content (AvgIpc) is 2.47. The molecule has 0 fully saturated rings. The van der Waals surface area contributed by atoms with E-state index in [4.69, 9.17) is 5.11 Å². The van der Waals surface area contributed by atoms with Crippen molar-refractivity contribution in [2.24, 2.45) is 5.92 Å². The second-order valence-electron chi connectivity index (χ2n) is 5.39. The Morgan fingerprint density at radius 1 is 1.43 bits per heavy atom. The second kappa shape index (κ2) is 8.47. The van der Waals surface area contributed by atoms with Crippen LogP contribution in [0.3, 0.4) is 0 Å². The van der Waals surface area contributed by atoms with Gasteiger partial charge in [-0.15, -0.1) is 6.58 Å². The van der Waals surface area contributed by atoms with Crippen LogP contribution in [0.1, 0.15) is 36.2 Å². The molecule has 0 spiro atoms. The zero-order valence-electron chi connectivity index (χ0n) is 13.1. The summed E-state index contributed by atoms with van der Waals surface area (Å²) in [7, 11) is 0. The summed E-state index contributed by atoms with van der Waals surface area (Å²) in [4.78, 5) is 12.0. The van der Waals surface area contributed by atoms with Gasteiger partial charge in [-0.05, 0) is 43.9 Å². The molecule has 0 aliphatic heterocycles. The maximum Gasteiger partial charge on any atom is 0.251 e. The van der Waals surface area contributed by atoms with Gasteiger partial charge in [0.25, 0.3) is 5.91 Å². The monoisotopic (exact) mass is 290 g/mol. The second-order valence-corrected chi connectivity index (χ2v) is 5.39. The molecule has 0 aromatic heterocycles. The maximum atomic E-state index is 12.0. The lowest BCUT2D eigenvalue weighted by Crippen LogP contribution is -2.28. The van der Waals surface area contributed by atoms with Crippen LogP contribution in [0, 0.1) is 12.8 Å². The maximum absolute atomic E-state index is 12.0. The first-order valence-electron chi connectivity index (χ1n) is 7.37. The molecule has 21 heavy (non-hydrogen) atoms. The first-order valence-corrected chi connectivity index (χ1v) is 7.37. The van der Waals surface area contributed by atoms with Crippen molar-refractivity contribution in [1.29, 1.82) is 0 Å². The Kier molecular flexibility index (Phi) is 6.96. The Labute approximate surface area is 127 Å². The molecular weight excluding hydrogens is 264 g/mol. The lowest BCUT2D eigenvalue weighted by molar-refractivity contribution is 0.0944. The van der Waals surface area contributed by atoms with Crippen LogP contribution >= 0.6 is 0 Å². The number of aliphatic hydroxyl groups is 1. The largest absolute Gasteiger partial charge is 0.395 e. The van der Waals surface area contributed by atoms with Gasteiger partial charge in [0.1, 0.15) is 0 Å². The molecule has 4 nitrogen and oxygen atoms in total. The quantitative estimate of drug-likeness (QED) is 0.645. The minimum Gasteiger partial charge on any atom is -0.395 e. The number of carbonyl (C=O) groups is 1. The summed E-state index contributed by atoms with van der Waals surface area (Å²) in [5.74, 6) is 0.311. The Hall–Kier alpha value is -1.81. The predicted octanol–water partition coefficient (Wildman–Crippen LogP) is 2.73. The normalized spacial score (nSPS) is 13.3. The van der Waals surface area contributed by atoms with E-state index in [1.807, 2.05) is 25.1 Å². The molecule has 2 atom stereocenters. The molecule has 0 aliphatic carbocycles. The molecule has 0 heterocycles. The van der Waals surface area contributed by atoms with Crippen LogP contribution < -0.4 is 10.6 Å². The number of amides is 1. The molecule has 4 heteroatoms. The van der Waals surface area contributed by atoms with Crippen LogP contribution in [0.25, 0.3) is 0 Å². The van der Waals surface area contributed by atoms with Crippen molar-refractivity contribution in [3.05, 3.63) is 42.0 Å². The lowest BCUT2D eigenvalue weighted by Gasteiger charge is -2.23. The highest BCUT2D eigenvalue weighted by molar-refractivity contribution is 5.97. The van der Waals surface area contributed by atoms with Crippen LogP contribution in [-0.4, -0.2) is 30.2 Å². The predicted molar refractivity (Wildman–Crippen MR) is 87.7 cm³/mol. The average molecular weight is 290 g/mol. The highest BCUT2D eigenvalue weighted by atomic mass is 16.3. The fourth-order valence-electron chi connectivity index (χ4n) is 2.16. The zero-order valence-corrected chi connectivity index (χ0v) is 13.1. The third kappa shape index (κ3) is 4.90. The standard InChI is InChI=1S/C17H26N2O2/c1-5-7-12(2)14(4)19-16-9-6-8-15(13(16)3)17(21)18-10-11-20/h5-6,8-9,12,14,19-20H,1,7,10-11H2,2-4H3,(H,18,21). The Balaban J connectivity index is 2.85. The van der Waals surface area contributed by atoms with Gasteiger partial charge in [-0.25, -0.2) is 0 Å². The molecule has 0 saturated carbocycles. The van der Waals surface area contributed by atoms with Crippen molar-refractivity contribution in [2.75, 3.05) is 18.5 Å². The van der Waals surface area contributed by atoms with Gasteiger partial charge in [0.15, 0.2) is 0 Å². The molecule has 0 saturated heterocycles. The van der Waals surface area contributed by atoms with E-state index in [0.717, 1.165) is 17.7 Å².